The number of nitrogens with zero attached hydrogens (tertiary/aromatic N) is 2. The molecule has 164 valence electrons. The van der Waals surface area contributed by atoms with Gasteiger partial charge in [0, 0.05) is 12.1 Å². The van der Waals surface area contributed by atoms with Crippen LogP contribution >= 0.6 is 0 Å². The van der Waals surface area contributed by atoms with Crippen LogP contribution in [0.1, 0.15) is 5.56 Å². The Morgan fingerprint density at radius 1 is 1.19 bits per heavy atom. The van der Waals surface area contributed by atoms with E-state index < -0.39 is 17.6 Å². The van der Waals surface area contributed by atoms with E-state index in [4.69, 9.17) is 15.2 Å². The number of nitrogens with one attached hydrogen (secondary N) is 2. The van der Waals surface area contributed by atoms with Crippen molar-refractivity contribution in [2.75, 3.05) is 24.9 Å². The Morgan fingerprint density at radius 3 is 2.48 bits per heavy atom. The molecule has 8 nitrogen and oxygen atoms in total. The fourth-order valence-corrected chi connectivity index (χ4v) is 2.28. The normalized spacial score (nSPS) is 12.2. The highest BCUT2D eigenvalue weighted by atomic mass is 19.4. The molecule has 0 aliphatic rings. The maximum Gasteiger partial charge on any atom is 0.416 e. The third kappa shape index (κ3) is 6.49. The molecule has 1 aromatic carbocycles. The number of amides is 1. The van der Waals surface area contributed by atoms with E-state index in [1.165, 1.54) is 38.6 Å². The van der Waals surface area contributed by atoms with Crippen molar-refractivity contribution < 1.29 is 27.4 Å². The summed E-state index contributed by atoms with van der Waals surface area (Å²) in [5, 5.41) is 5.27. The minimum atomic E-state index is -4.60. The van der Waals surface area contributed by atoms with E-state index in [1.54, 1.807) is 12.1 Å². The van der Waals surface area contributed by atoms with E-state index >= 15 is 0 Å². The van der Waals surface area contributed by atoms with Gasteiger partial charge in [-0.1, -0.05) is 0 Å². The van der Waals surface area contributed by atoms with Crippen LogP contribution in [0, 0.1) is 0 Å². The quantitative estimate of drug-likeness (QED) is 0.252. The first-order chi connectivity index (χ1) is 14.7. The topological polar surface area (TPSA) is 111 Å². The lowest BCUT2D eigenvalue weighted by Gasteiger charge is -2.16. The molecule has 0 aliphatic carbocycles. The first kappa shape index (κ1) is 23.3. The van der Waals surface area contributed by atoms with Gasteiger partial charge in [-0.2, -0.15) is 13.2 Å². The lowest BCUT2D eigenvalue weighted by Crippen LogP contribution is -2.21. The molecule has 0 unspecified atom stereocenters. The summed E-state index contributed by atoms with van der Waals surface area (Å²) in [6.07, 6.45) is -0.699. The zero-order valence-electron chi connectivity index (χ0n) is 16.7. The molecule has 4 N–H and O–H groups in total. The number of hydrogen-bond acceptors (Lipinski definition) is 7. The van der Waals surface area contributed by atoms with Crippen molar-refractivity contribution >= 4 is 29.7 Å². The van der Waals surface area contributed by atoms with Crippen molar-refractivity contribution in [3.05, 3.63) is 65.8 Å². The SMILES string of the molecule is C=N/C(=C\C=C(/N)C(=O)Nc1cc(C(F)(F)F)ccc1Nc1ccc(OC)nc1)OC. The van der Waals surface area contributed by atoms with Gasteiger partial charge in [0.1, 0.15) is 0 Å². The van der Waals surface area contributed by atoms with Gasteiger partial charge in [0.15, 0.2) is 0 Å². The van der Waals surface area contributed by atoms with Gasteiger partial charge in [-0.15, -0.1) is 0 Å². The molecule has 0 aliphatic heterocycles. The van der Waals surface area contributed by atoms with E-state index in [9.17, 15) is 18.0 Å². The second-order valence-electron chi connectivity index (χ2n) is 5.92. The maximum absolute atomic E-state index is 13.2. The summed E-state index contributed by atoms with van der Waals surface area (Å²) in [6.45, 7) is 3.28. The number of aromatic nitrogens is 1. The summed E-state index contributed by atoms with van der Waals surface area (Å²) in [5.41, 5.74) is 5.00. The number of aliphatic imine (C=N–C) groups is 1. The molecule has 2 rings (SSSR count). The van der Waals surface area contributed by atoms with Crippen LogP contribution in [0.15, 0.2) is 65.3 Å². The monoisotopic (exact) mass is 435 g/mol. The number of benzene rings is 1. The van der Waals surface area contributed by atoms with Crippen LogP contribution in [-0.2, 0) is 15.7 Å². The van der Waals surface area contributed by atoms with Gasteiger partial charge in [-0.3, -0.25) is 4.79 Å². The molecule has 0 radical (unpaired) electrons. The molecule has 0 spiro atoms. The summed E-state index contributed by atoms with van der Waals surface area (Å²) in [4.78, 5) is 19.9. The van der Waals surface area contributed by atoms with Gasteiger partial charge >= 0.3 is 6.18 Å². The van der Waals surface area contributed by atoms with E-state index in [2.05, 4.69) is 27.3 Å². The Labute approximate surface area is 176 Å². The predicted molar refractivity (Wildman–Crippen MR) is 111 cm³/mol. The molecule has 1 aromatic heterocycles. The zero-order valence-corrected chi connectivity index (χ0v) is 16.7. The Bertz CT molecular complexity index is 1000. The average Bonchev–Trinajstić information content (AvgIpc) is 2.75. The van der Waals surface area contributed by atoms with Gasteiger partial charge in [-0.25, -0.2) is 9.98 Å². The lowest BCUT2D eigenvalue weighted by atomic mass is 10.1. The standard InChI is InChI=1S/C20H20F3N5O3/c1-25-17(30-2)9-6-14(24)19(29)28-16-10-12(20(21,22)23)4-7-15(16)27-13-5-8-18(31-3)26-11-13/h4-11,27H,1,24H2,2-3H3,(H,28,29)/b14-6-,17-9+. The summed E-state index contributed by atoms with van der Waals surface area (Å²) in [6, 6.07) is 6.05. The Hall–Kier alpha value is -4.02. The fourth-order valence-electron chi connectivity index (χ4n) is 2.28. The van der Waals surface area contributed by atoms with Gasteiger partial charge in [-0.05, 0) is 37.1 Å². The highest BCUT2D eigenvalue weighted by Crippen LogP contribution is 2.35. The number of pyridine rings is 1. The third-order valence-corrected chi connectivity index (χ3v) is 3.85. The fraction of sp³-hybridized carbons (Fsp3) is 0.150. The van der Waals surface area contributed by atoms with Crippen molar-refractivity contribution in [2.24, 2.45) is 10.7 Å². The molecule has 31 heavy (non-hydrogen) atoms. The molecule has 0 saturated carbocycles. The molecule has 0 atom stereocenters. The largest absolute Gasteiger partial charge is 0.481 e. The molecule has 0 bridgehead atoms. The van der Waals surface area contributed by atoms with E-state index in [-0.39, 0.29) is 23.0 Å². The van der Waals surface area contributed by atoms with Crippen LogP contribution in [0.2, 0.25) is 0 Å². The van der Waals surface area contributed by atoms with Crippen LogP contribution in [-0.4, -0.2) is 31.8 Å². The number of anilines is 3. The molecule has 0 saturated heterocycles. The van der Waals surface area contributed by atoms with Gasteiger partial charge in [0.05, 0.1) is 48.7 Å². The third-order valence-electron chi connectivity index (χ3n) is 3.85. The number of carbonyl (C=O) groups is 1. The van der Waals surface area contributed by atoms with Crippen molar-refractivity contribution in [3.8, 4) is 5.88 Å². The number of methoxy groups -OCH3 is 2. The number of hydrogen-bond donors (Lipinski definition) is 3. The molecule has 11 heteroatoms. The van der Waals surface area contributed by atoms with E-state index in [0.29, 0.717) is 11.6 Å². The zero-order chi connectivity index (χ0) is 23.0. The van der Waals surface area contributed by atoms with Gasteiger partial charge < -0.3 is 25.8 Å². The number of allylic oxidation sites excluding steroid dienone is 2. The van der Waals surface area contributed by atoms with Crippen molar-refractivity contribution in [2.45, 2.75) is 6.18 Å². The van der Waals surface area contributed by atoms with Crippen molar-refractivity contribution in [3.63, 3.8) is 0 Å². The summed E-state index contributed by atoms with van der Waals surface area (Å²) < 4.78 is 49.3. The number of rotatable bonds is 8. The van der Waals surface area contributed by atoms with E-state index in [0.717, 1.165) is 12.1 Å². The minimum absolute atomic E-state index is 0.101. The second-order valence-corrected chi connectivity index (χ2v) is 5.92. The second kappa shape index (κ2) is 10.1. The number of carbonyl (C=O) groups excluding carboxylic acids is 1. The Kier molecular flexibility index (Phi) is 7.61. The molecule has 1 amide bonds. The first-order valence-electron chi connectivity index (χ1n) is 8.65. The van der Waals surface area contributed by atoms with Crippen LogP contribution in [0.25, 0.3) is 0 Å². The number of nitrogens with two attached hydrogens (primary N) is 1. The van der Waals surface area contributed by atoms with Crippen LogP contribution in [0.4, 0.5) is 30.2 Å². The van der Waals surface area contributed by atoms with Gasteiger partial charge in [0.2, 0.25) is 11.8 Å². The number of alkyl halides is 3. The smallest absolute Gasteiger partial charge is 0.416 e. The molecule has 2 aromatic rings. The van der Waals surface area contributed by atoms with Crippen LogP contribution < -0.4 is 21.1 Å². The Morgan fingerprint density at radius 2 is 1.94 bits per heavy atom. The Balaban J connectivity index is 2.35. The minimum Gasteiger partial charge on any atom is -0.481 e. The molecule has 1 heterocycles. The molecule has 0 fully saturated rings. The van der Waals surface area contributed by atoms with Crippen molar-refractivity contribution in [1.82, 2.24) is 4.98 Å². The van der Waals surface area contributed by atoms with Crippen molar-refractivity contribution in [1.29, 1.82) is 0 Å². The number of halogens is 3. The maximum atomic E-state index is 13.2. The summed E-state index contributed by atoms with van der Waals surface area (Å²) in [5.74, 6) is -0.364. The first-order valence-corrected chi connectivity index (χ1v) is 8.65. The average molecular weight is 435 g/mol. The highest BCUT2D eigenvalue weighted by molar-refractivity contribution is 6.05. The molecular weight excluding hydrogens is 415 g/mol. The van der Waals surface area contributed by atoms with Gasteiger partial charge in [0.25, 0.3) is 5.91 Å². The lowest BCUT2D eigenvalue weighted by molar-refractivity contribution is -0.137. The number of ether oxygens (including phenoxy) is 2. The predicted octanol–water partition coefficient (Wildman–Crippen LogP) is 3.82. The summed E-state index contributed by atoms with van der Waals surface area (Å²) >= 11 is 0. The van der Waals surface area contributed by atoms with E-state index in [1.807, 2.05) is 0 Å². The van der Waals surface area contributed by atoms with Crippen LogP contribution in [0.5, 0.6) is 5.88 Å². The van der Waals surface area contributed by atoms with Crippen LogP contribution in [0.3, 0.4) is 0 Å². The highest BCUT2D eigenvalue weighted by Gasteiger charge is 2.31. The molecular formula is C20H20F3N5O3. The summed E-state index contributed by atoms with van der Waals surface area (Å²) in [7, 11) is 2.80.